The zero-order chi connectivity index (χ0) is 18.1. The summed E-state index contributed by atoms with van der Waals surface area (Å²) in [6, 6.07) is 18.5. The van der Waals surface area contributed by atoms with E-state index in [4.69, 9.17) is 11.6 Å². The van der Waals surface area contributed by atoms with Crippen molar-refractivity contribution in [2.75, 3.05) is 6.54 Å². The SMILES string of the molecule is Cc1ccc(C(=O)N2CC[C@]3(Cl)CCCC[C@@H]3[C@H]2c2ccccc2)cc1. The Balaban J connectivity index is 1.72. The van der Waals surface area contributed by atoms with Gasteiger partial charge in [-0.2, -0.15) is 0 Å². The Kier molecular flexibility index (Phi) is 4.79. The number of nitrogens with zero attached hydrogens (tertiary/aromatic N) is 1. The lowest BCUT2D eigenvalue weighted by Crippen LogP contribution is -2.53. The number of hydrogen-bond acceptors (Lipinski definition) is 1. The lowest BCUT2D eigenvalue weighted by atomic mass is 9.68. The number of likely N-dealkylation sites (tertiary alicyclic amines) is 1. The maximum absolute atomic E-state index is 13.4. The number of rotatable bonds is 2. The molecule has 0 bridgehead atoms. The molecule has 1 saturated carbocycles. The van der Waals surface area contributed by atoms with Crippen LogP contribution in [0, 0.1) is 12.8 Å². The van der Waals surface area contributed by atoms with Crippen molar-refractivity contribution in [3.8, 4) is 0 Å². The van der Waals surface area contributed by atoms with Gasteiger partial charge in [0.05, 0.1) is 10.9 Å². The van der Waals surface area contributed by atoms with E-state index in [0.717, 1.165) is 31.4 Å². The fraction of sp³-hybridized carbons (Fsp3) is 0.435. The maximum Gasteiger partial charge on any atom is 0.254 e. The van der Waals surface area contributed by atoms with Crippen LogP contribution in [0.15, 0.2) is 54.6 Å². The molecule has 2 aromatic carbocycles. The summed E-state index contributed by atoms with van der Waals surface area (Å²) in [4.78, 5) is 15.3. The predicted molar refractivity (Wildman–Crippen MR) is 107 cm³/mol. The van der Waals surface area contributed by atoms with Gasteiger partial charge >= 0.3 is 0 Å². The van der Waals surface area contributed by atoms with Crippen molar-refractivity contribution in [3.05, 3.63) is 71.3 Å². The molecule has 0 spiro atoms. The van der Waals surface area contributed by atoms with E-state index in [2.05, 4.69) is 29.2 Å². The topological polar surface area (TPSA) is 20.3 Å². The monoisotopic (exact) mass is 367 g/mol. The molecule has 4 rings (SSSR count). The lowest BCUT2D eigenvalue weighted by molar-refractivity contribution is 0.0279. The van der Waals surface area contributed by atoms with E-state index in [-0.39, 0.29) is 16.8 Å². The van der Waals surface area contributed by atoms with Gasteiger partial charge in [0.1, 0.15) is 0 Å². The summed E-state index contributed by atoms with van der Waals surface area (Å²) < 4.78 is 0. The van der Waals surface area contributed by atoms with Crippen LogP contribution < -0.4 is 0 Å². The van der Waals surface area contributed by atoms with Gasteiger partial charge in [0.25, 0.3) is 5.91 Å². The first kappa shape index (κ1) is 17.6. The van der Waals surface area contributed by atoms with Gasteiger partial charge in [-0.05, 0) is 43.9 Å². The molecule has 0 unspecified atom stereocenters. The summed E-state index contributed by atoms with van der Waals surface area (Å²) in [5.41, 5.74) is 3.16. The van der Waals surface area contributed by atoms with Crippen molar-refractivity contribution in [1.29, 1.82) is 0 Å². The maximum atomic E-state index is 13.4. The van der Waals surface area contributed by atoms with E-state index in [1.165, 1.54) is 24.0 Å². The molecule has 3 atom stereocenters. The first-order valence-corrected chi connectivity index (χ1v) is 10.1. The minimum Gasteiger partial charge on any atom is -0.331 e. The highest BCUT2D eigenvalue weighted by atomic mass is 35.5. The Hall–Kier alpha value is -1.80. The van der Waals surface area contributed by atoms with Crippen molar-refractivity contribution in [2.45, 2.75) is 49.9 Å². The van der Waals surface area contributed by atoms with E-state index < -0.39 is 0 Å². The average Bonchev–Trinajstić information content (AvgIpc) is 2.67. The summed E-state index contributed by atoms with van der Waals surface area (Å²) in [5, 5.41) is 0. The minimum absolute atomic E-state index is 0.0663. The molecule has 26 heavy (non-hydrogen) atoms. The summed E-state index contributed by atoms with van der Waals surface area (Å²) in [6.45, 7) is 2.78. The van der Waals surface area contributed by atoms with Gasteiger partial charge in [0, 0.05) is 18.0 Å². The summed E-state index contributed by atoms with van der Waals surface area (Å²) >= 11 is 7.12. The Labute approximate surface area is 161 Å². The molecule has 1 aliphatic carbocycles. The molecule has 136 valence electrons. The molecule has 2 fully saturated rings. The predicted octanol–water partition coefficient (Wildman–Crippen LogP) is 5.75. The van der Waals surface area contributed by atoms with E-state index in [1.54, 1.807) is 0 Å². The summed E-state index contributed by atoms with van der Waals surface area (Å²) in [5.74, 6) is 0.451. The molecule has 2 aliphatic rings. The van der Waals surface area contributed by atoms with Gasteiger partial charge in [-0.25, -0.2) is 0 Å². The molecule has 1 saturated heterocycles. The van der Waals surface area contributed by atoms with Crippen molar-refractivity contribution < 1.29 is 4.79 Å². The van der Waals surface area contributed by atoms with Crippen LogP contribution in [0.2, 0.25) is 0 Å². The van der Waals surface area contributed by atoms with E-state index in [9.17, 15) is 4.79 Å². The van der Waals surface area contributed by atoms with E-state index >= 15 is 0 Å². The average molecular weight is 368 g/mol. The van der Waals surface area contributed by atoms with Gasteiger partial charge in [-0.15, -0.1) is 11.6 Å². The van der Waals surface area contributed by atoms with Crippen LogP contribution >= 0.6 is 11.6 Å². The smallest absolute Gasteiger partial charge is 0.254 e. The molecular formula is C23H26ClNO. The number of halogens is 1. The van der Waals surface area contributed by atoms with Crippen LogP contribution in [0.3, 0.4) is 0 Å². The molecular weight excluding hydrogens is 342 g/mol. The number of alkyl halides is 1. The van der Waals surface area contributed by atoms with Gasteiger partial charge in [-0.3, -0.25) is 4.79 Å². The Morgan fingerprint density at radius 3 is 2.50 bits per heavy atom. The molecule has 1 amide bonds. The van der Waals surface area contributed by atoms with Crippen LogP contribution in [0.5, 0.6) is 0 Å². The van der Waals surface area contributed by atoms with Crippen LogP contribution in [0.4, 0.5) is 0 Å². The molecule has 1 heterocycles. The lowest BCUT2D eigenvalue weighted by Gasteiger charge is -2.52. The Bertz CT molecular complexity index is 773. The second-order valence-electron chi connectivity index (χ2n) is 7.86. The molecule has 2 aromatic rings. The zero-order valence-electron chi connectivity index (χ0n) is 15.3. The second kappa shape index (κ2) is 7.08. The number of hydrogen-bond donors (Lipinski definition) is 0. The van der Waals surface area contributed by atoms with E-state index in [1.807, 2.05) is 37.3 Å². The fourth-order valence-corrected chi connectivity index (χ4v) is 5.24. The Morgan fingerprint density at radius 2 is 1.77 bits per heavy atom. The molecule has 1 aliphatic heterocycles. The largest absolute Gasteiger partial charge is 0.331 e. The number of piperidine rings is 1. The number of aryl methyl sites for hydroxylation is 1. The number of benzene rings is 2. The van der Waals surface area contributed by atoms with Crippen LogP contribution in [-0.2, 0) is 0 Å². The highest BCUT2D eigenvalue weighted by Gasteiger charge is 2.50. The number of fused-ring (bicyclic) bond motifs is 1. The van der Waals surface area contributed by atoms with E-state index in [0.29, 0.717) is 5.92 Å². The Morgan fingerprint density at radius 1 is 1.04 bits per heavy atom. The van der Waals surface area contributed by atoms with Crippen LogP contribution in [0.1, 0.15) is 59.6 Å². The number of amides is 1. The van der Waals surface area contributed by atoms with Crippen LogP contribution in [-0.4, -0.2) is 22.2 Å². The summed E-state index contributed by atoms with van der Waals surface area (Å²) in [6.07, 6.45) is 5.46. The normalized spacial score (nSPS) is 28.5. The van der Waals surface area contributed by atoms with Crippen molar-refractivity contribution in [1.82, 2.24) is 4.90 Å². The van der Waals surface area contributed by atoms with Crippen molar-refractivity contribution in [2.24, 2.45) is 5.92 Å². The number of carbonyl (C=O) groups is 1. The van der Waals surface area contributed by atoms with Gasteiger partial charge in [0.15, 0.2) is 0 Å². The first-order chi connectivity index (χ1) is 12.6. The second-order valence-corrected chi connectivity index (χ2v) is 8.61. The third kappa shape index (κ3) is 3.16. The van der Waals surface area contributed by atoms with Gasteiger partial charge in [0.2, 0.25) is 0 Å². The minimum atomic E-state index is -0.164. The van der Waals surface area contributed by atoms with Crippen molar-refractivity contribution in [3.63, 3.8) is 0 Å². The molecule has 3 heteroatoms. The first-order valence-electron chi connectivity index (χ1n) is 9.70. The highest BCUT2D eigenvalue weighted by Crippen LogP contribution is 2.52. The van der Waals surface area contributed by atoms with Gasteiger partial charge in [-0.1, -0.05) is 60.9 Å². The summed E-state index contributed by atoms with van der Waals surface area (Å²) in [7, 11) is 0. The zero-order valence-corrected chi connectivity index (χ0v) is 16.1. The fourth-order valence-electron chi connectivity index (χ4n) is 4.79. The third-order valence-electron chi connectivity index (χ3n) is 6.21. The molecule has 0 aromatic heterocycles. The number of carbonyl (C=O) groups excluding carboxylic acids is 1. The molecule has 0 radical (unpaired) electrons. The molecule has 0 N–H and O–H groups in total. The third-order valence-corrected chi connectivity index (χ3v) is 6.87. The standard InChI is InChI=1S/C23H26ClNO/c1-17-10-12-19(13-11-17)22(26)25-16-15-23(24)14-6-5-9-20(23)21(25)18-7-3-2-4-8-18/h2-4,7-8,10-13,20-21H,5-6,9,14-16H2,1H3/t20-,21-,23-/m1/s1. The quantitative estimate of drug-likeness (QED) is 0.619. The van der Waals surface area contributed by atoms with Crippen LogP contribution in [0.25, 0.3) is 0 Å². The van der Waals surface area contributed by atoms with Gasteiger partial charge < -0.3 is 4.90 Å². The highest BCUT2D eigenvalue weighted by molar-refractivity contribution is 6.24. The van der Waals surface area contributed by atoms with Crippen molar-refractivity contribution >= 4 is 17.5 Å². The molecule has 2 nitrogen and oxygen atoms in total.